The average molecular weight is 348 g/mol. The fraction of sp³-hybridized carbons (Fsp3) is 0.556. The molecule has 0 unspecified atom stereocenters. The second-order valence-corrected chi connectivity index (χ2v) is 7.82. The highest BCUT2D eigenvalue weighted by Crippen LogP contribution is 2.42. The third-order valence-corrected chi connectivity index (χ3v) is 6.58. The minimum absolute atomic E-state index is 0.0500. The lowest BCUT2D eigenvalue weighted by atomic mass is 9.84. The SMILES string of the molecule is CSC1(CNC(=O)[C@@H]2OCC(=O)N(C)[C@@H]2c2ccccc2)CCC1. The second-order valence-electron chi connectivity index (χ2n) is 6.55. The summed E-state index contributed by atoms with van der Waals surface area (Å²) in [6.45, 7) is 0.609. The van der Waals surface area contributed by atoms with Crippen LogP contribution in [0.15, 0.2) is 30.3 Å². The van der Waals surface area contributed by atoms with Crippen molar-refractivity contribution >= 4 is 23.6 Å². The Hall–Kier alpha value is -1.53. The van der Waals surface area contributed by atoms with Crippen molar-refractivity contribution in [2.24, 2.45) is 0 Å². The summed E-state index contributed by atoms with van der Waals surface area (Å²) in [5.74, 6) is -0.240. The van der Waals surface area contributed by atoms with Crippen LogP contribution < -0.4 is 5.32 Å². The van der Waals surface area contributed by atoms with Crippen LogP contribution in [-0.4, -0.2) is 54.0 Å². The third kappa shape index (κ3) is 3.30. The van der Waals surface area contributed by atoms with Crippen LogP contribution in [0.4, 0.5) is 0 Å². The molecule has 0 aromatic heterocycles. The maximum Gasteiger partial charge on any atom is 0.251 e. The van der Waals surface area contributed by atoms with Crippen molar-refractivity contribution in [3.05, 3.63) is 35.9 Å². The number of nitrogens with zero attached hydrogens (tertiary/aromatic N) is 1. The molecule has 130 valence electrons. The summed E-state index contributed by atoms with van der Waals surface area (Å²) in [4.78, 5) is 26.4. The number of benzene rings is 1. The first-order chi connectivity index (χ1) is 11.6. The molecule has 1 aliphatic carbocycles. The average Bonchev–Trinajstić information content (AvgIpc) is 2.57. The number of carbonyl (C=O) groups is 2. The maximum atomic E-state index is 12.8. The van der Waals surface area contributed by atoms with E-state index in [1.54, 1.807) is 11.9 Å². The number of hydrogen-bond donors (Lipinski definition) is 1. The van der Waals surface area contributed by atoms with E-state index in [1.807, 2.05) is 42.1 Å². The van der Waals surface area contributed by atoms with Gasteiger partial charge in [-0.05, 0) is 24.7 Å². The molecule has 1 saturated carbocycles. The Morgan fingerprint density at radius 3 is 2.67 bits per heavy atom. The molecule has 1 heterocycles. The van der Waals surface area contributed by atoms with Crippen molar-refractivity contribution in [2.45, 2.75) is 36.2 Å². The lowest BCUT2D eigenvalue weighted by molar-refractivity contribution is -0.162. The molecule has 0 spiro atoms. The normalized spacial score (nSPS) is 25.9. The second kappa shape index (κ2) is 7.15. The van der Waals surface area contributed by atoms with Crippen molar-refractivity contribution in [2.75, 3.05) is 26.5 Å². The number of morpholine rings is 1. The van der Waals surface area contributed by atoms with Gasteiger partial charge in [-0.1, -0.05) is 36.8 Å². The van der Waals surface area contributed by atoms with E-state index >= 15 is 0 Å². The first kappa shape index (κ1) is 17.3. The first-order valence-corrected chi connectivity index (χ1v) is 9.54. The molecule has 3 rings (SSSR count). The number of carbonyl (C=O) groups excluding carboxylic acids is 2. The van der Waals surface area contributed by atoms with Gasteiger partial charge in [0.2, 0.25) is 5.91 Å². The van der Waals surface area contributed by atoms with Crippen LogP contribution in [-0.2, 0) is 14.3 Å². The molecule has 1 N–H and O–H groups in total. The molecule has 1 aliphatic heterocycles. The molecule has 5 nitrogen and oxygen atoms in total. The molecule has 1 aromatic rings. The molecule has 2 fully saturated rings. The van der Waals surface area contributed by atoms with Gasteiger partial charge in [0.05, 0.1) is 6.04 Å². The van der Waals surface area contributed by atoms with Gasteiger partial charge in [0.1, 0.15) is 6.61 Å². The molecule has 2 amide bonds. The van der Waals surface area contributed by atoms with Crippen LogP contribution in [0.2, 0.25) is 0 Å². The van der Waals surface area contributed by atoms with Crippen molar-refractivity contribution < 1.29 is 14.3 Å². The fourth-order valence-corrected chi connectivity index (χ4v) is 4.27. The molecule has 6 heteroatoms. The van der Waals surface area contributed by atoms with E-state index in [9.17, 15) is 9.59 Å². The largest absolute Gasteiger partial charge is 0.356 e. The predicted octanol–water partition coefficient (Wildman–Crippen LogP) is 1.99. The molecular formula is C18H24N2O3S. The number of ether oxygens (including phenoxy) is 1. The van der Waals surface area contributed by atoms with Gasteiger partial charge in [0.15, 0.2) is 6.10 Å². The zero-order chi connectivity index (χ0) is 17.2. The van der Waals surface area contributed by atoms with Crippen molar-refractivity contribution in [1.82, 2.24) is 10.2 Å². The summed E-state index contributed by atoms with van der Waals surface area (Å²) >= 11 is 1.83. The summed E-state index contributed by atoms with van der Waals surface area (Å²) in [5.41, 5.74) is 0.913. The minimum atomic E-state index is -0.672. The van der Waals surface area contributed by atoms with Crippen LogP contribution in [0.1, 0.15) is 30.9 Å². The Morgan fingerprint density at radius 2 is 2.08 bits per heavy atom. The monoisotopic (exact) mass is 348 g/mol. The van der Waals surface area contributed by atoms with E-state index in [-0.39, 0.29) is 29.2 Å². The van der Waals surface area contributed by atoms with Gasteiger partial charge in [0, 0.05) is 18.3 Å². The van der Waals surface area contributed by atoms with E-state index in [2.05, 4.69) is 11.6 Å². The lowest BCUT2D eigenvalue weighted by Gasteiger charge is -2.42. The Labute approximate surface area is 147 Å². The zero-order valence-corrected chi connectivity index (χ0v) is 15.0. The number of nitrogens with one attached hydrogen (secondary N) is 1. The Bertz CT molecular complexity index is 598. The van der Waals surface area contributed by atoms with E-state index in [4.69, 9.17) is 4.74 Å². The van der Waals surface area contributed by atoms with Gasteiger partial charge in [-0.3, -0.25) is 9.59 Å². The van der Waals surface area contributed by atoms with Gasteiger partial charge in [-0.2, -0.15) is 11.8 Å². The summed E-state index contributed by atoms with van der Waals surface area (Å²) in [5, 5.41) is 3.06. The van der Waals surface area contributed by atoms with E-state index in [0.29, 0.717) is 6.54 Å². The van der Waals surface area contributed by atoms with Gasteiger partial charge in [0.25, 0.3) is 5.91 Å². The standard InChI is InChI=1S/C18H24N2O3S/c1-20-14(21)11-23-16(15(20)13-7-4-3-5-8-13)17(22)19-12-18(24-2)9-6-10-18/h3-5,7-8,15-16H,6,9-12H2,1-2H3,(H,19,22)/t15-,16-/m1/s1. The molecule has 1 aromatic carbocycles. The number of rotatable bonds is 5. The van der Waals surface area contributed by atoms with Crippen molar-refractivity contribution in [1.29, 1.82) is 0 Å². The van der Waals surface area contributed by atoms with Crippen LogP contribution in [0.25, 0.3) is 0 Å². The van der Waals surface area contributed by atoms with E-state index in [1.165, 1.54) is 6.42 Å². The van der Waals surface area contributed by atoms with Crippen LogP contribution >= 0.6 is 11.8 Å². The van der Waals surface area contributed by atoms with E-state index < -0.39 is 6.10 Å². The highest BCUT2D eigenvalue weighted by Gasteiger charge is 2.42. The van der Waals surface area contributed by atoms with Crippen molar-refractivity contribution in [3.63, 3.8) is 0 Å². The number of likely N-dealkylation sites (N-methyl/N-ethyl adjacent to an activating group) is 1. The Kier molecular flexibility index (Phi) is 5.15. The van der Waals surface area contributed by atoms with Crippen LogP contribution in [0.3, 0.4) is 0 Å². The number of hydrogen-bond acceptors (Lipinski definition) is 4. The van der Waals surface area contributed by atoms with Gasteiger partial charge in [-0.15, -0.1) is 0 Å². The molecule has 0 bridgehead atoms. The quantitative estimate of drug-likeness (QED) is 0.884. The highest BCUT2D eigenvalue weighted by atomic mass is 32.2. The first-order valence-electron chi connectivity index (χ1n) is 8.31. The molecular weight excluding hydrogens is 324 g/mol. The molecule has 0 radical (unpaired) electrons. The van der Waals surface area contributed by atoms with Crippen LogP contribution in [0.5, 0.6) is 0 Å². The summed E-state index contributed by atoms with van der Waals surface area (Å²) in [6.07, 6.45) is 4.93. The predicted molar refractivity (Wildman–Crippen MR) is 94.8 cm³/mol. The van der Waals surface area contributed by atoms with Crippen molar-refractivity contribution in [3.8, 4) is 0 Å². The summed E-state index contributed by atoms with van der Waals surface area (Å²) < 4.78 is 5.80. The highest BCUT2D eigenvalue weighted by molar-refractivity contribution is 8.00. The number of amides is 2. The fourth-order valence-electron chi connectivity index (χ4n) is 3.35. The maximum absolute atomic E-state index is 12.8. The number of thioether (sulfide) groups is 1. The van der Waals surface area contributed by atoms with Gasteiger partial charge >= 0.3 is 0 Å². The smallest absolute Gasteiger partial charge is 0.251 e. The Balaban J connectivity index is 1.74. The van der Waals surface area contributed by atoms with Gasteiger partial charge < -0.3 is 15.0 Å². The lowest BCUT2D eigenvalue weighted by Crippen LogP contribution is -2.55. The van der Waals surface area contributed by atoms with E-state index in [0.717, 1.165) is 18.4 Å². The molecule has 1 saturated heterocycles. The summed E-state index contributed by atoms with van der Waals surface area (Å²) in [7, 11) is 1.73. The van der Waals surface area contributed by atoms with Gasteiger partial charge in [-0.25, -0.2) is 0 Å². The molecule has 24 heavy (non-hydrogen) atoms. The summed E-state index contributed by atoms with van der Waals surface area (Å²) in [6, 6.07) is 9.21. The van der Waals surface area contributed by atoms with Crippen LogP contribution in [0, 0.1) is 0 Å². The Morgan fingerprint density at radius 1 is 1.38 bits per heavy atom. The topological polar surface area (TPSA) is 58.6 Å². The molecule has 2 atom stereocenters. The minimum Gasteiger partial charge on any atom is -0.356 e. The third-order valence-electron chi connectivity index (χ3n) is 5.17. The zero-order valence-electron chi connectivity index (χ0n) is 14.2. The molecule has 2 aliphatic rings.